The lowest BCUT2D eigenvalue weighted by Crippen LogP contribution is -1.94. The van der Waals surface area contributed by atoms with Gasteiger partial charge in [-0.3, -0.25) is 4.98 Å². The zero-order valence-corrected chi connectivity index (χ0v) is 10.4. The van der Waals surface area contributed by atoms with Crippen LogP contribution in [0.25, 0.3) is 10.9 Å². The molecule has 20 heavy (non-hydrogen) atoms. The molecular weight excluding hydrogens is 252 g/mol. The number of aromatic nitrogens is 2. The molecule has 0 atom stereocenters. The number of pyridine rings is 2. The van der Waals surface area contributed by atoms with Gasteiger partial charge in [-0.25, -0.2) is 4.98 Å². The Bertz CT molecular complexity index is 823. The maximum atomic E-state index is 9.03. The van der Waals surface area contributed by atoms with Crippen molar-refractivity contribution in [1.82, 2.24) is 9.97 Å². The van der Waals surface area contributed by atoms with Crippen molar-refractivity contribution >= 4 is 16.6 Å². The van der Waals surface area contributed by atoms with Crippen molar-refractivity contribution in [3.05, 3.63) is 54.5 Å². The SMILES string of the molecule is N#Cc1ncccc1Oc1ccc(N)c2ncccc12. The molecule has 0 spiro atoms. The molecule has 0 bridgehead atoms. The molecule has 5 heteroatoms. The molecule has 2 N–H and O–H groups in total. The number of nitrogens with zero attached hydrogens (tertiary/aromatic N) is 3. The summed E-state index contributed by atoms with van der Waals surface area (Å²) in [5, 5.41) is 9.82. The molecule has 3 aromatic rings. The van der Waals surface area contributed by atoms with E-state index in [9.17, 15) is 0 Å². The van der Waals surface area contributed by atoms with Crippen LogP contribution in [0.3, 0.4) is 0 Å². The van der Waals surface area contributed by atoms with Gasteiger partial charge in [-0.2, -0.15) is 5.26 Å². The molecule has 0 saturated heterocycles. The minimum atomic E-state index is 0.237. The van der Waals surface area contributed by atoms with Gasteiger partial charge >= 0.3 is 0 Å². The molecule has 0 radical (unpaired) electrons. The summed E-state index contributed by atoms with van der Waals surface area (Å²) in [6.45, 7) is 0. The van der Waals surface area contributed by atoms with Crippen LogP contribution in [0, 0.1) is 11.3 Å². The van der Waals surface area contributed by atoms with E-state index in [1.807, 2.05) is 18.2 Å². The fourth-order valence-corrected chi connectivity index (χ4v) is 1.93. The van der Waals surface area contributed by atoms with Gasteiger partial charge in [0.2, 0.25) is 0 Å². The summed E-state index contributed by atoms with van der Waals surface area (Å²) < 4.78 is 5.79. The zero-order valence-electron chi connectivity index (χ0n) is 10.4. The topological polar surface area (TPSA) is 84.8 Å². The Balaban J connectivity index is 2.12. The number of nitrogens with two attached hydrogens (primary N) is 1. The quantitative estimate of drug-likeness (QED) is 0.718. The Morgan fingerprint density at radius 1 is 1.00 bits per heavy atom. The van der Waals surface area contributed by atoms with E-state index in [0.29, 0.717) is 22.7 Å². The summed E-state index contributed by atoms with van der Waals surface area (Å²) in [5.74, 6) is 0.997. The number of nitrogen functional groups attached to an aromatic ring is 1. The van der Waals surface area contributed by atoms with Crippen molar-refractivity contribution in [1.29, 1.82) is 5.26 Å². The molecule has 1 aromatic carbocycles. The minimum Gasteiger partial charge on any atom is -0.454 e. The average Bonchev–Trinajstić information content (AvgIpc) is 2.51. The zero-order chi connectivity index (χ0) is 13.9. The van der Waals surface area contributed by atoms with Crippen LogP contribution < -0.4 is 10.5 Å². The lowest BCUT2D eigenvalue weighted by molar-refractivity contribution is 0.484. The second-order valence-corrected chi connectivity index (χ2v) is 4.12. The molecule has 3 rings (SSSR count). The highest BCUT2D eigenvalue weighted by Crippen LogP contribution is 2.32. The van der Waals surface area contributed by atoms with Crippen molar-refractivity contribution in [3.8, 4) is 17.6 Å². The third-order valence-corrected chi connectivity index (χ3v) is 2.86. The standard InChI is InChI=1S/C15H10N4O/c16-9-12-14(4-2-7-18-12)20-13-6-5-11(17)15-10(13)3-1-8-19-15/h1-8H,17H2. The summed E-state index contributed by atoms with van der Waals surface area (Å²) >= 11 is 0. The highest BCUT2D eigenvalue weighted by molar-refractivity contribution is 5.93. The van der Waals surface area contributed by atoms with Crippen molar-refractivity contribution in [2.75, 3.05) is 5.73 Å². The number of anilines is 1. The molecule has 0 aliphatic heterocycles. The fraction of sp³-hybridized carbons (Fsp3) is 0. The van der Waals surface area contributed by atoms with E-state index in [-0.39, 0.29) is 5.69 Å². The van der Waals surface area contributed by atoms with Crippen molar-refractivity contribution in [2.45, 2.75) is 0 Å². The van der Waals surface area contributed by atoms with Gasteiger partial charge in [0.25, 0.3) is 0 Å². The molecule has 0 fully saturated rings. The van der Waals surface area contributed by atoms with E-state index < -0.39 is 0 Å². The number of fused-ring (bicyclic) bond motifs is 1. The number of hydrogen-bond acceptors (Lipinski definition) is 5. The predicted molar refractivity (Wildman–Crippen MR) is 75.2 cm³/mol. The van der Waals surface area contributed by atoms with Gasteiger partial charge in [-0.1, -0.05) is 0 Å². The Hall–Kier alpha value is -3.13. The van der Waals surface area contributed by atoms with E-state index in [0.717, 1.165) is 5.39 Å². The second kappa shape index (κ2) is 4.86. The van der Waals surface area contributed by atoms with Crippen LogP contribution in [0.4, 0.5) is 5.69 Å². The predicted octanol–water partition coefficient (Wildman–Crippen LogP) is 2.88. The first-order valence-corrected chi connectivity index (χ1v) is 5.96. The third-order valence-electron chi connectivity index (χ3n) is 2.86. The molecule has 0 saturated carbocycles. The Labute approximate surface area is 115 Å². The molecule has 5 nitrogen and oxygen atoms in total. The Kier molecular flexibility index (Phi) is 2.90. The summed E-state index contributed by atoms with van der Waals surface area (Å²) in [5.41, 5.74) is 7.39. The summed E-state index contributed by atoms with van der Waals surface area (Å²) in [7, 11) is 0. The molecule has 0 aliphatic rings. The third kappa shape index (κ3) is 1.99. The Morgan fingerprint density at radius 3 is 2.65 bits per heavy atom. The number of hydrogen-bond donors (Lipinski definition) is 1. The summed E-state index contributed by atoms with van der Waals surface area (Å²) in [6, 6.07) is 12.6. The first-order valence-electron chi connectivity index (χ1n) is 5.96. The molecule has 0 amide bonds. The van der Waals surface area contributed by atoms with Crippen LogP contribution in [-0.4, -0.2) is 9.97 Å². The van der Waals surface area contributed by atoms with E-state index in [1.54, 1.807) is 36.7 Å². The molecule has 0 aliphatic carbocycles. The number of nitriles is 1. The van der Waals surface area contributed by atoms with Crippen LogP contribution in [-0.2, 0) is 0 Å². The fourth-order valence-electron chi connectivity index (χ4n) is 1.93. The molecule has 2 aromatic heterocycles. The van der Waals surface area contributed by atoms with Gasteiger partial charge in [0.05, 0.1) is 11.2 Å². The highest BCUT2D eigenvalue weighted by Gasteiger charge is 2.09. The minimum absolute atomic E-state index is 0.237. The van der Waals surface area contributed by atoms with Crippen molar-refractivity contribution in [2.24, 2.45) is 0 Å². The maximum Gasteiger partial charge on any atom is 0.183 e. The van der Waals surface area contributed by atoms with Gasteiger partial charge in [0.15, 0.2) is 11.4 Å². The van der Waals surface area contributed by atoms with Crippen LogP contribution in [0.15, 0.2) is 48.8 Å². The number of ether oxygens (including phenoxy) is 1. The largest absolute Gasteiger partial charge is 0.454 e. The van der Waals surface area contributed by atoms with Crippen LogP contribution in [0.5, 0.6) is 11.5 Å². The molecule has 2 heterocycles. The maximum absolute atomic E-state index is 9.03. The van der Waals surface area contributed by atoms with Crippen molar-refractivity contribution in [3.63, 3.8) is 0 Å². The first-order chi connectivity index (χ1) is 9.79. The molecule has 0 unspecified atom stereocenters. The van der Waals surface area contributed by atoms with Crippen LogP contribution in [0.1, 0.15) is 5.69 Å². The highest BCUT2D eigenvalue weighted by atomic mass is 16.5. The van der Waals surface area contributed by atoms with Gasteiger partial charge in [0, 0.05) is 17.8 Å². The lowest BCUT2D eigenvalue weighted by atomic mass is 10.1. The van der Waals surface area contributed by atoms with Gasteiger partial charge in [0.1, 0.15) is 11.8 Å². The monoisotopic (exact) mass is 262 g/mol. The van der Waals surface area contributed by atoms with Crippen molar-refractivity contribution < 1.29 is 4.74 Å². The van der Waals surface area contributed by atoms with E-state index >= 15 is 0 Å². The van der Waals surface area contributed by atoms with Gasteiger partial charge in [-0.15, -0.1) is 0 Å². The number of benzene rings is 1. The molecular formula is C15H10N4O. The summed E-state index contributed by atoms with van der Waals surface area (Å²) in [4.78, 5) is 8.20. The van der Waals surface area contributed by atoms with E-state index in [4.69, 9.17) is 15.7 Å². The second-order valence-electron chi connectivity index (χ2n) is 4.12. The van der Waals surface area contributed by atoms with E-state index in [1.165, 1.54) is 0 Å². The van der Waals surface area contributed by atoms with Crippen LogP contribution in [0.2, 0.25) is 0 Å². The smallest absolute Gasteiger partial charge is 0.183 e. The average molecular weight is 262 g/mol. The number of rotatable bonds is 2. The first kappa shape index (κ1) is 11.9. The Morgan fingerprint density at radius 2 is 1.80 bits per heavy atom. The van der Waals surface area contributed by atoms with Crippen LogP contribution >= 0.6 is 0 Å². The summed E-state index contributed by atoms with van der Waals surface area (Å²) in [6.07, 6.45) is 3.22. The van der Waals surface area contributed by atoms with Gasteiger partial charge in [-0.05, 0) is 36.4 Å². The normalized spacial score (nSPS) is 10.2. The van der Waals surface area contributed by atoms with Gasteiger partial charge < -0.3 is 10.5 Å². The molecule has 96 valence electrons. The lowest BCUT2D eigenvalue weighted by Gasteiger charge is -2.10. The van der Waals surface area contributed by atoms with E-state index in [2.05, 4.69) is 9.97 Å².